The van der Waals surface area contributed by atoms with Crippen LogP contribution < -0.4 is 17.0 Å². The van der Waals surface area contributed by atoms with Gasteiger partial charge < -0.3 is 10.3 Å². The Bertz CT molecular complexity index is 707. The van der Waals surface area contributed by atoms with Gasteiger partial charge in [-0.15, -0.1) is 0 Å². The minimum Gasteiger partial charge on any atom is -0.329 e. The van der Waals surface area contributed by atoms with Crippen molar-refractivity contribution >= 4 is 11.2 Å². The van der Waals surface area contributed by atoms with E-state index in [9.17, 15) is 9.59 Å². The van der Waals surface area contributed by atoms with Crippen molar-refractivity contribution in [1.82, 2.24) is 18.7 Å². The highest BCUT2D eigenvalue weighted by Crippen LogP contribution is 2.11. The van der Waals surface area contributed by atoms with E-state index < -0.39 is 0 Å². The van der Waals surface area contributed by atoms with E-state index in [0.29, 0.717) is 30.8 Å². The summed E-state index contributed by atoms with van der Waals surface area (Å²) in [5.41, 5.74) is 5.80. The van der Waals surface area contributed by atoms with Crippen LogP contribution in [0.15, 0.2) is 15.9 Å². The van der Waals surface area contributed by atoms with Crippen molar-refractivity contribution in [3.63, 3.8) is 0 Å². The number of nitrogens with zero attached hydrogens (tertiary/aromatic N) is 4. The zero-order valence-electron chi connectivity index (χ0n) is 11.5. The maximum absolute atomic E-state index is 12.4. The number of hydrogen-bond donors (Lipinski definition) is 1. The largest absolute Gasteiger partial charge is 0.332 e. The Balaban J connectivity index is 2.95. The van der Waals surface area contributed by atoms with Crippen LogP contribution in [-0.4, -0.2) is 25.2 Å². The molecule has 7 nitrogen and oxygen atoms in total. The summed E-state index contributed by atoms with van der Waals surface area (Å²) < 4.78 is 4.49. The van der Waals surface area contributed by atoms with E-state index in [1.54, 1.807) is 22.4 Å². The summed E-state index contributed by atoms with van der Waals surface area (Å²) in [6.45, 7) is 6.83. The Morgan fingerprint density at radius 3 is 2.58 bits per heavy atom. The van der Waals surface area contributed by atoms with Crippen LogP contribution in [0.25, 0.3) is 11.2 Å². The van der Waals surface area contributed by atoms with Crippen molar-refractivity contribution in [3.8, 4) is 0 Å². The fourth-order valence-electron chi connectivity index (χ4n) is 2.25. The first-order chi connectivity index (χ1) is 9.02. The third kappa shape index (κ3) is 1.99. The van der Waals surface area contributed by atoms with Gasteiger partial charge in [-0.05, 0) is 20.8 Å². The van der Waals surface area contributed by atoms with Gasteiger partial charge in [0.2, 0.25) is 0 Å². The second-order valence-electron chi connectivity index (χ2n) is 4.69. The molecule has 2 heterocycles. The van der Waals surface area contributed by atoms with Crippen LogP contribution in [0.5, 0.6) is 0 Å². The van der Waals surface area contributed by atoms with Crippen LogP contribution in [-0.2, 0) is 13.1 Å². The van der Waals surface area contributed by atoms with Crippen molar-refractivity contribution in [2.24, 2.45) is 5.73 Å². The van der Waals surface area contributed by atoms with Crippen LogP contribution in [0, 0.1) is 0 Å². The Kier molecular flexibility index (Phi) is 3.57. The molecule has 0 saturated carbocycles. The van der Waals surface area contributed by atoms with Crippen molar-refractivity contribution in [2.45, 2.75) is 39.9 Å². The van der Waals surface area contributed by atoms with Crippen LogP contribution in [0.1, 0.15) is 26.8 Å². The highest BCUT2D eigenvalue weighted by molar-refractivity contribution is 5.70. The number of imidazole rings is 1. The number of rotatable bonds is 4. The maximum atomic E-state index is 12.4. The summed E-state index contributed by atoms with van der Waals surface area (Å²) in [5.74, 6) is 0. The summed E-state index contributed by atoms with van der Waals surface area (Å²) in [5, 5.41) is 0. The normalized spacial score (nSPS) is 11.6. The van der Waals surface area contributed by atoms with Gasteiger partial charge >= 0.3 is 5.69 Å². The zero-order chi connectivity index (χ0) is 14.2. The minimum atomic E-state index is -0.312. The number of hydrogen-bond acceptors (Lipinski definition) is 4. The molecule has 0 aliphatic heterocycles. The second-order valence-corrected chi connectivity index (χ2v) is 4.69. The minimum absolute atomic E-state index is 0.0605. The van der Waals surface area contributed by atoms with Gasteiger partial charge in [-0.3, -0.25) is 13.9 Å². The van der Waals surface area contributed by atoms with E-state index in [1.165, 1.54) is 4.57 Å². The lowest BCUT2D eigenvalue weighted by Crippen LogP contribution is -2.41. The number of fused-ring (bicyclic) bond motifs is 1. The highest BCUT2D eigenvalue weighted by atomic mass is 16.2. The van der Waals surface area contributed by atoms with Crippen molar-refractivity contribution in [2.75, 3.05) is 6.54 Å². The molecule has 0 bridgehead atoms. The molecule has 0 aromatic carbocycles. The molecule has 2 aromatic rings. The average molecular weight is 265 g/mol. The van der Waals surface area contributed by atoms with Crippen LogP contribution in [0.3, 0.4) is 0 Å². The average Bonchev–Trinajstić information content (AvgIpc) is 2.73. The van der Waals surface area contributed by atoms with E-state index in [4.69, 9.17) is 5.73 Å². The molecule has 0 aliphatic rings. The predicted octanol–water partition coefficient (Wildman–Crippen LogP) is -0.0808. The van der Waals surface area contributed by atoms with E-state index in [0.717, 1.165) is 0 Å². The van der Waals surface area contributed by atoms with Crippen LogP contribution >= 0.6 is 0 Å². The molecule has 0 saturated heterocycles. The molecule has 2 aromatic heterocycles. The van der Waals surface area contributed by atoms with Crippen molar-refractivity contribution in [1.29, 1.82) is 0 Å². The van der Waals surface area contributed by atoms with Gasteiger partial charge in [0.25, 0.3) is 5.56 Å². The lowest BCUT2D eigenvalue weighted by molar-refractivity contribution is 0.532. The molecule has 104 valence electrons. The van der Waals surface area contributed by atoms with E-state index in [2.05, 4.69) is 4.98 Å². The Morgan fingerprint density at radius 1 is 1.37 bits per heavy atom. The Labute approximate surface area is 110 Å². The molecule has 7 heteroatoms. The number of nitrogens with two attached hydrogens (primary N) is 1. The number of aromatic nitrogens is 4. The van der Waals surface area contributed by atoms with Crippen molar-refractivity contribution in [3.05, 3.63) is 27.2 Å². The van der Waals surface area contributed by atoms with Gasteiger partial charge in [-0.2, -0.15) is 0 Å². The van der Waals surface area contributed by atoms with E-state index in [1.807, 2.05) is 13.8 Å². The van der Waals surface area contributed by atoms with E-state index >= 15 is 0 Å². The summed E-state index contributed by atoms with van der Waals surface area (Å²) >= 11 is 0. The smallest absolute Gasteiger partial charge is 0.329 e. The maximum Gasteiger partial charge on any atom is 0.332 e. The summed E-state index contributed by atoms with van der Waals surface area (Å²) in [6.07, 6.45) is 1.57. The molecular weight excluding hydrogens is 246 g/mol. The molecule has 0 fully saturated rings. The van der Waals surface area contributed by atoms with Gasteiger partial charge in [-0.1, -0.05) is 0 Å². The van der Waals surface area contributed by atoms with Gasteiger partial charge in [0.15, 0.2) is 11.2 Å². The first-order valence-corrected chi connectivity index (χ1v) is 6.43. The highest BCUT2D eigenvalue weighted by Gasteiger charge is 2.18. The van der Waals surface area contributed by atoms with Crippen molar-refractivity contribution < 1.29 is 0 Å². The molecular formula is C12H19N5O2. The second kappa shape index (κ2) is 5.00. The summed E-state index contributed by atoms with van der Waals surface area (Å²) in [6, 6.07) is -0.0605. The molecule has 0 amide bonds. The first-order valence-electron chi connectivity index (χ1n) is 6.43. The fraction of sp³-hybridized carbons (Fsp3) is 0.583. The molecule has 19 heavy (non-hydrogen) atoms. The van der Waals surface area contributed by atoms with Gasteiger partial charge in [0, 0.05) is 25.7 Å². The predicted molar refractivity (Wildman–Crippen MR) is 73.4 cm³/mol. The Morgan fingerprint density at radius 2 is 2.05 bits per heavy atom. The van der Waals surface area contributed by atoms with Gasteiger partial charge in [-0.25, -0.2) is 9.78 Å². The molecule has 0 unspecified atom stereocenters. The lowest BCUT2D eigenvalue weighted by Gasteiger charge is -2.13. The quantitative estimate of drug-likeness (QED) is 0.837. The van der Waals surface area contributed by atoms with Gasteiger partial charge in [0.05, 0.1) is 6.33 Å². The monoisotopic (exact) mass is 265 g/mol. The third-order valence-corrected chi connectivity index (χ3v) is 3.13. The summed E-state index contributed by atoms with van der Waals surface area (Å²) in [7, 11) is 0. The molecule has 0 spiro atoms. The third-order valence-electron chi connectivity index (χ3n) is 3.13. The van der Waals surface area contributed by atoms with Crippen LogP contribution in [0.2, 0.25) is 0 Å². The zero-order valence-corrected chi connectivity index (χ0v) is 11.5. The lowest BCUT2D eigenvalue weighted by atomic mass is 10.3. The topological polar surface area (TPSA) is 87.8 Å². The first kappa shape index (κ1) is 13.5. The van der Waals surface area contributed by atoms with E-state index in [-0.39, 0.29) is 17.3 Å². The molecule has 2 N–H and O–H groups in total. The van der Waals surface area contributed by atoms with Crippen LogP contribution in [0.4, 0.5) is 0 Å². The SMILES string of the molecule is CCn1c(=O)c2c(ncn2CCN)n(C(C)C)c1=O. The van der Waals surface area contributed by atoms with Gasteiger partial charge in [0.1, 0.15) is 0 Å². The molecule has 0 radical (unpaired) electrons. The standard InChI is InChI=1S/C12H19N5O2/c1-4-16-11(18)9-10(14-7-15(9)6-5-13)17(8(2)3)12(16)19/h7-8H,4-6,13H2,1-3H3. The fourth-order valence-corrected chi connectivity index (χ4v) is 2.25. The molecule has 2 rings (SSSR count). The Hall–Kier alpha value is -1.89. The molecule has 0 aliphatic carbocycles. The molecule has 0 atom stereocenters. The summed E-state index contributed by atoms with van der Waals surface area (Å²) in [4.78, 5) is 28.9.